The second kappa shape index (κ2) is 7.13. The van der Waals surface area contributed by atoms with E-state index in [0.717, 1.165) is 37.1 Å². The second-order valence-corrected chi connectivity index (χ2v) is 5.04. The molecule has 108 valence electrons. The average molecular weight is 273 g/mol. The predicted octanol–water partition coefficient (Wildman–Crippen LogP) is 4.19. The molecular weight excluding hydrogens is 250 g/mol. The van der Waals surface area contributed by atoms with Crippen LogP contribution in [0.25, 0.3) is 10.9 Å². The van der Waals surface area contributed by atoms with E-state index in [1.54, 1.807) is 0 Å². The molecule has 0 saturated carbocycles. The highest BCUT2D eigenvalue weighted by Crippen LogP contribution is 2.27. The van der Waals surface area contributed by atoms with E-state index in [-0.39, 0.29) is 0 Å². The molecule has 3 nitrogen and oxygen atoms in total. The van der Waals surface area contributed by atoms with Gasteiger partial charge in [-0.1, -0.05) is 19.9 Å². The van der Waals surface area contributed by atoms with Gasteiger partial charge in [0.15, 0.2) is 0 Å². The number of carbonyl (C=O) groups is 1. The third-order valence-electron chi connectivity index (χ3n) is 3.48. The topological polar surface area (TPSA) is 31.2 Å². The van der Waals surface area contributed by atoms with Crippen molar-refractivity contribution >= 4 is 16.7 Å². The van der Waals surface area contributed by atoms with Crippen molar-refractivity contribution in [3.8, 4) is 5.75 Å². The Labute approximate surface area is 120 Å². The summed E-state index contributed by atoms with van der Waals surface area (Å²) in [5.41, 5.74) is 1.18. The van der Waals surface area contributed by atoms with Crippen molar-refractivity contribution in [2.75, 3.05) is 6.61 Å². The molecule has 0 saturated heterocycles. The maximum Gasteiger partial charge on any atom is 0.132 e. The van der Waals surface area contributed by atoms with E-state index in [1.165, 1.54) is 5.52 Å². The van der Waals surface area contributed by atoms with Gasteiger partial charge >= 0.3 is 0 Å². The van der Waals surface area contributed by atoms with Gasteiger partial charge in [0.1, 0.15) is 11.5 Å². The third-order valence-corrected chi connectivity index (χ3v) is 3.48. The van der Waals surface area contributed by atoms with Crippen LogP contribution in [-0.4, -0.2) is 17.0 Å². The Hall–Kier alpha value is -1.77. The van der Waals surface area contributed by atoms with E-state index in [0.29, 0.717) is 18.6 Å². The van der Waals surface area contributed by atoms with Crippen molar-refractivity contribution in [2.45, 2.75) is 46.1 Å². The predicted molar refractivity (Wildman–Crippen MR) is 82.3 cm³/mol. The number of nitrogens with zero attached hydrogens (tertiary/aromatic N) is 1. The minimum absolute atomic E-state index is 0.341. The van der Waals surface area contributed by atoms with Crippen molar-refractivity contribution in [3.05, 3.63) is 30.5 Å². The molecule has 20 heavy (non-hydrogen) atoms. The van der Waals surface area contributed by atoms with Gasteiger partial charge in [-0.05, 0) is 31.0 Å². The standard InChI is InChI=1S/C17H23NO2/c1-3-13-20-17-9-5-8-16-15(17)10-12-18(16)11-6-7-14(19)4-2/h5,8-10,12H,3-4,6-7,11,13H2,1-2H3. The van der Waals surface area contributed by atoms with Crippen molar-refractivity contribution in [1.82, 2.24) is 4.57 Å². The number of aromatic nitrogens is 1. The van der Waals surface area contributed by atoms with E-state index in [4.69, 9.17) is 4.74 Å². The van der Waals surface area contributed by atoms with Crippen LogP contribution in [0.2, 0.25) is 0 Å². The molecule has 1 heterocycles. The Balaban J connectivity index is 2.09. The Bertz CT molecular complexity index is 571. The molecule has 0 radical (unpaired) electrons. The fourth-order valence-electron chi connectivity index (χ4n) is 2.35. The zero-order valence-corrected chi connectivity index (χ0v) is 12.4. The molecule has 0 bridgehead atoms. The number of hydrogen-bond acceptors (Lipinski definition) is 2. The SMILES string of the molecule is CCCOc1cccc2c1ccn2CCCC(=O)CC. The zero-order valence-electron chi connectivity index (χ0n) is 12.4. The summed E-state index contributed by atoms with van der Waals surface area (Å²) in [5.74, 6) is 1.29. The molecular formula is C17H23NO2. The lowest BCUT2D eigenvalue weighted by molar-refractivity contribution is -0.118. The van der Waals surface area contributed by atoms with E-state index >= 15 is 0 Å². The summed E-state index contributed by atoms with van der Waals surface area (Å²) < 4.78 is 7.98. The highest BCUT2D eigenvalue weighted by Gasteiger charge is 2.06. The summed E-state index contributed by atoms with van der Waals surface area (Å²) in [6.45, 7) is 5.66. The summed E-state index contributed by atoms with van der Waals surface area (Å²) >= 11 is 0. The lowest BCUT2D eigenvalue weighted by atomic mass is 10.2. The number of ketones is 1. The van der Waals surface area contributed by atoms with Crippen molar-refractivity contribution in [1.29, 1.82) is 0 Å². The molecule has 3 heteroatoms. The molecule has 2 aromatic rings. The second-order valence-electron chi connectivity index (χ2n) is 5.04. The van der Waals surface area contributed by atoms with Gasteiger partial charge in [0.25, 0.3) is 0 Å². The maximum atomic E-state index is 11.3. The van der Waals surface area contributed by atoms with Crippen LogP contribution in [0.15, 0.2) is 30.5 Å². The highest BCUT2D eigenvalue weighted by atomic mass is 16.5. The fraction of sp³-hybridized carbons (Fsp3) is 0.471. The van der Waals surface area contributed by atoms with Crippen LogP contribution < -0.4 is 4.74 Å². The number of hydrogen-bond donors (Lipinski definition) is 0. The molecule has 0 amide bonds. The molecule has 0 fully saturated rings. The molecule has 0 spiro atoms. The van der Waals surface area contributed by atoms with Crippen LogP contribution in [0, 0.1) is 0 Å². The van der Waals surface area contributed by atoms with Crippen LogP contribution in [0.3, 0.4) is 0 Å². The first-order chi connectivity index (χ1) is 9.76. The number of Topliss-reactive ketones (excluding diaryl/α,β-unsaturated/α-hetero) is 1. The van der Waals surface area contributed by atoms with Gasteiger partial charge < -0.3 is 9.30 Å². The molecule has 0 atom stereocenters. The quantitative estimate of drug-likeness (QED) is 0.722. The molecule has 0 unspecified atom stereocenters. The molecule has 0 aliphatic rings. The number of aryl methyl sites for hydroxylation is 1. The van der Waals surface area contributed by atoms with E-state index < -0.39 is 0 Å². The monoisotopic (exact) mass is 273 g/mol. The van der Waals surface area contributed by atoms with Gasteiger partial charge in [-0.3, -0.25) is 4.79 Å². The summed E-state index contributed by atoms with van der Waals surface area (Å²) in [6.07, 6.45) is 5.30. The van der Waals surface area contributed by atoms with Gasteiger partial charge in [-0.15, -0.1) is 0 Å². The van der Waals surface area contributed by atoms with Crippen LogP contribution in [0.4, 0.5) is 0 Å². The molecule has 1 aromatic carbocycles. The first-order valence-electron chi connectivity index (χ1n) is 7.48. The Morgan fingerprint density at radius 1 is 1.25 bits per heavy atom. The summed E-state index contributed by atoms with van der Waals surface area (Å²) in [5, 5.41) is 1.16. The molecule has 2 rings (SSSR count). The van der Waals surface area contributed by atoms with E-state index in [2.05, 4.69) is 29.8 Å². The largest absolute Gasteiger partial charge is 0.493 e. The lowest BCUT2D eigenvalue weighted by Crippen LogP contribution is -2.01. The summed E-state index contributed by atoms with van der Waals surface area (Å²) in [4.78, 5) is 11.3. The van der Waals surface area contributed by atoms with Crippen LogP contribution in [0.1, 0.15) is 39.5 Å². The Morgan fingerprint density at radius 2 is 2.10 bits per heavy atom. The van der Waals surface area contributed by atoms with Crippen molar-refractivity contribution in [3.63, 3.8) is 0 Å². The zero-order chi connectivity index (χ0) is 14.4. The number of benzene rings is 1. The smallest absolute Gasteiger partial charge is 0.132 e. The lowest BCUT2D eigenvalue weighted by Gasteiger charge is -2.08. The number of ether oxygens (including phenoxy) is 1. The van der Waals surface area contributed by atoms with Gasteiger partial charge in [-0.25, -0.2) is 0 Å². The van der Waals surface area contributed by atoms with Crippen LogP contribution in [0.5, 0.6) is 5.75 Å². The Morgan fingerprint density at radius 3 is 2.85 bits per heavy atom. The fourth-order valence-corrected chi connectivity index (χ4v) is 2.35. The third kappa shape index (κ3) is 3.41. The minimum atomic E-state index is 0.341. The van der Waals surface area contributed by atoms with Gasteiger partial charge in [0.05, 0.1) is 12.1 Å². The van der Waals surface area contributed by atoms with Gasteiger partial charge in [0.2, 0.25) is 0 Å². The first-order valence-corrected chi connectivity index (χ1v) is 7.48. The molecule has 0 N–H and O–H groups in total. The normalized spacial score (nSPS) is 10.9. The highest BCUT2D eigenvalue weighted by molar-refractivity contribution is 5.86. The van der Waals surface area contributed by atoms with Crippen LogP contribution >= 0.6 is 0 Å². The van der Waals surface area contributed by atoms with Gasteiger partial charge in [0, 0.05) is 31.0 Å². The minimum Gasteiger partial charge on any atom is -0.493 e. The average Bonchev–Trinajstić information content (AvgIpc) is 2.89. The summed E-state index contributed by atoms with van der Waals surface area (Å²) in [6, 6.07) is 8.25. The number of carbonyl (C=O) groups excluding carboxylic acids is 1. The van der Waals surface area contributed by atoms with E-state index in [1.807, 2.05) is 19.1 Å². The molecule has 0 aliphatic heterocycles. The Kier molecular flexibility index (Phi) is 5.22. The number of rotatable bonds is 8. The van der Waals surface area contributed by atoms with Crippen LogP contribution in [-0.2, 0) is 11.3 Å². The van der Waals surface area contributed by atoms with Crippen molar-refractivity contribution < 1.29 is 9.53 Å². The van der Waals surface area contributed by atoms with E-state index in [9.17, 15) is 4.79 Å². The molecule has 1 aromatic heterocycles. The first kappa shape index (κ1) is 14.6. The number of fused-ring (bicyclic) bond motifs is 1. The molecule has 0 aliphatic carbocycles. The van der Waals surface area contributed by atoms with Crippen molar-refractivity contribution in [2.24, 2.45) is 0 Å². The van der Waals surface area contributed by atoms with Gasteiger partial charge in [-0.2, -0.15) is 0 Å². The summed E-state index contributed by atoms with van der Waals surface area (Å²) in [7, 11) is 0. The maximum absolute atomic E-state index is 11.3.